The minimum absolute atomic E-state index is 0.353. The summed E-state index contributed by atoms with van der Waals surface area (Å²) in [6.45, 7) is -0.614. The summed E-state index contributed by atoms with van der Waals surface area (Å²) in [7, 11) is -16.4. The van der Waals surface area contributed by atoms with Crippen molar-refractivity contribution in [2.75, 3.05) is 6.61 Å². The zero-order chi connectivity index (χ0) is 20.7. The first-order valence-corrected chi connectivity index (χ1v) is 11.3. The molecule has 1 saturated heterocycles. The molecular formula is C9H17N2O13P3. The third-order valence-corrected chi connectivity index (χ3v) is 6.34. The van der Waals surface area contributed by atoms with Gasteiger partial charge in [0.05, 0.1) is 12.7 Å². The van der Waals surface area contributed by atoms with E-state index >= 15 is 0 Å². The Labute approximate surface area is 152 Å². The van der Waals surface area contributed by atoms with Crippen molar-refractivity contribution in [1.82, 2.24) is 9.97 Å². The van der Waals surface area contributed by atoms with Crippen molar-refractivity contribution in [1.29, 1.82) is 0 Å². The van der Waals surface area contributed by atoms with Gasteiger partial charge >= 0.3 is 23.5 Å². The Morgan fingerprint density at radius 3 is 2.00 bits per heavy atom. The van der Waals surface area contributed by atoms with Gasteiger partial charge in [0.25, 0.3) is 0 Å². The number of nitrogens with zero attached hydrogens (tertiary/aromatic N) is 2. The molecule has 15 nitrogen and oxygen atoms in total. The maximum Gasteiger partial charge on any atom is 0.490 e. The molecule has 0 bridgehead atoms. The minimum atomic E-state index is -5.60. The number of aliphatic hydroxyl groups excluding tert-OH is 2. The van der Waals surface area contributed by atoms with Crippen LogP contribution in [0.1, 0.15) is 6.42 Å². The molecule has 0 spiro atoms. The molecule has 0 radical (unpaired) electrons. The van der Waals surface area contributed by atoms with Crippen LogP contribution in [0.5, 0.6) is 0 Å². The van der Waals surface area contributed by atoms with E-state index in [1.54, 1.807) is 18.5 Å². The largest absolute Gasteiger partial charge is 0.490 e. The Hall–Kier alpha value is -0.630. The highest BCUT2D eigenvalue weighted by Gasteiger charge is 2.44. The molecule has 0 aliphatic carbocycles. The Bertz CT molecular complexity index is 688. The molecule has 1 aliphatic rings. The number of hydrogen-bond donors (Lipinski definition) is 6. The van der Waals surface area contributed by atoms with Gasteiger partial charge in [-0.25, -0.2) is 23.7 Å². The van der Waals surface area contributed by atoms with Gasteiger partial charge in [0.15, 0.2) is 6.29 Å². The highest BCUT2D eigenvalue weighted by Crippen LogP contribution is 2.66. The SMILES string of the molecule is O=P(O)(O)OP(=O)(O)OP(=O)(O)OC1C[C@H](O)[C@@H](CO)O1.c1cncnc1. The van der Waals surface area contributed by atoms with Crippen LogP contribution in [-0.2, 0) is 31.6 Å². The van der Waals surface area contributed by atoms with E-state index in [2.05, 4.69) is 23.1 Å². The van der Waals surface area contributed by atoms with Gasteiger partial charge in [-0.3, -0.25) is 4.52 Å². The molecular weight excluding hydrogens is 437 g/mol. The smallest absolute Gasteiger partial charge is 0.394 e. The Morgan fingerprint density at radius 2 is 1.63 bits per heavy atom. The lowest BCUT2D eigenvalue weighted by Gasteiger charge is -2.18. The number of phosphoric acid groups is 3. The van der Waals surface area contributed by atoms with Crippen LogP contribution in [0.3, 0.4) is 0 Å². The minimum Gasteiger partial charge on any atom is -0.394 e. The van der Waals surface area contributed by atoms with Crippen molar-refractivity contribution in [2.45, 2.75) is 24.9 Å². The fourth-order valence-electron chi connectivity index (χ4n) is 1.62. The van der Waals surface area contributed by atoms with Crippen LogP contribution in [0.4, 0.5) is 0 Å². The molecule has 1 aromatic rings. The van der Waals surface area contributed by atoms with E-state index in [4.69, 9.17) is 24.5 Å². The second kappa shape index (κ2) is 10.2. The molecule has 2 heterocycles. The lowest BCUT2D eigenvalue weighted by Crippen LogP contribution is -2.24. The number of phosphoric ester groups is 1. The summed E-state index contributed by atoms with van der Waals surface area (Å²) >= 11 is 0. The van der Waals surface area contributed by atoms with Crippen molar-refractivity contribution in [3.05, 3.63) is 24.8 Å². The lowest BCUT2D eigenvalue weighted by atomic mass is 10.2. The normalized spacial score (nSPS) is 27.1. The molecule has 6 N–H and O–H groups in total. The molecule has 1 aliphatic heterocycles. The maximum atomic E-state index is 11.4. The van der Waals surface area contributed by atoms with Gasteiger partial charge in [0.2, 0.25) is 0 Å². The predicted octanol–water partition coefficient (Wildman–Crippen LogP) is -0.726. The molecule has 1 fully saturated rings. The monoisotopic (exact) mass is 454 g/mol. The summed E-state index contributed by atoms with van der Waals surface area (Å²) < 4.78 is 48.8. The first kappa shape index (κ1) is 24.4. The zero-order valence-corrected chi connectivity index (χ0v) is 15.9. The third kappa shape index (κ3) is 10.5. The van der Waals surface area contributed by atoms with Gasteiger partial charge in [-0.05, 0) is 6.07 Å². The summed E-state index contributed by atoms with van der Waals surface area (Å²) in [6, 6.07) is 1.78. The van der Waals surface area contributed by atoms with E-state index in [0.717, 1.165) is 0 Å². The number of rotatable bonds is 7. The third-order valence-electron chi connectivity index (χ3n) is 2.51. The van der Waals surface area contributed by atoms with Gasteiger partial charge in [-0.1, -0.05) is 0 Å². The number of aliphatic hydroxyl groups is 2. The van der Waals surface area contributed by atoms with E-state index in [9.17, 15) is 23.7 Å². The average molecular weight is 454 g/mol. The molecule has 0 aromatic carbocycles. The van der Waals surface area contributed by atoms with Crippen LogP contribution in [0.25, 0.3) is 0 Å². The van der Waals surface area contributed by atoms with E-state index in [-0.39, 0.29) is 6.42 Å². The van der Waals surface area contributed by atoms with Gasteiger partial charge < -0.3 is 34.5 Å². The molecule has 18 heteroatoms. The van der Waals surface area contributed by atoms with Gasteiger partial charge in [0.1, 0.15) is 12.4 Å². The Morgan fingerprint density at radius 1 is 1.04 bits per heavy atom. The molecule has 27 heavy (non-hydrogen) atoms. The van der Waals surface area contributed by atoms with Crippen molar-refractivity contribution < 1.29 is 61.4 Å². The Balaban J connectivity index is 0.000000511. The first-order chi connectivity index (χ1) is 12.3. The molecule has 156 valence electrons. The second-order valence-electron chi connectivity index (χ2n) is 4.69. The van der Waals surface area contributed by atoms with Crippen LogP contribution >= 0.6 is 23.5 Å². The predicted molar refractivity (Wildman–Crippen MR) is 83.4 cm³/mol. The van der Waals surface area contributed by atoms with Crippen molar-refractivity contribution in [3.63, 3.8) is 0 Å². The van der Waals surface area contributed by atoms with Gasteiger partial charge in [-0.2, -0.15) is 8.62 Å². The van der Waals surface area contributed by atoms with Crippen molar-refractivity contribution >= 4 is 23.5 Å². The van der Waals surface area contributed by atoms with E-state index < -0.39 is 48.6 Å². The fourth-order valence-corrected chi connectivity index (χ4v) is 4.72. The van der Waals surface area contributed by atoms with Crippen LogP contribution in [0.2, 0.25) is 0 Å². The highest BCUT2D eigenvalue weighted by molar-refractivity contribution is 7.66. The number of ether oxygens (including phenoxy) is 1. The lowest BCUT2D eigenvalue weighted by molar-refractivity contribution is -0.102. The molecule has 0 saturated carbocycles. The van der Waals surface area contributed by atoms with Crippen molar-refractivity contribution in [2.24, 2.45) is 0 Å². The fraction of sp³-hybridized carbons (Fsp3) is 0.556. The molecule has 5 atom stereocenters. The number of hydrogen-bond acceptors (Lipinski definition) is 11. The molecule has 3 unspecified atom stereocenters. The first-order valence-electron chi connectivity index (χ1n) is 6.80. The van der Waals surface area contributed by atoms with E-state index in [1.807, 2.05) is 0 Å². The van der Waals surface area contributed by atoms with E-state index in [0.29, 0.717) is 0 Å². The zero-order valence-electron chi connectivity index (χ0n) is 13.2. The molecule has 0 amide bonds. The van der Waals surface area contributed by atoms with E-state index in [1.165, 1.54) is 6.33 Å². The van der Waals surface area contributed by atoms with Crippen molar-refractivity contribution in [3.8, 4) is 0 Å². The van der Waals surface area contributed by atoms with Gasteiger partial charge in [0, 0.05) is 18.8 Å². The second-order valence-corrected chi connectivity index (χ2v) is 9.06. The van der Waals surface area contributed by atoms with Crippen LogP contribution < -0.4 is 0 Å². The summed E-state index contributed by atoms with van der Waals surface area (Å²) in [6.07, 6.45) is 0.659. The van der Waals surface area contributed by atoms with Gasteiger partial charge in [-0.15, -0.1) is 0 Å². The summed E-state index contributed by atoms with van der Waals surface area (Å²) in [5.74, 6) is 0. The average Bonchev–Trinajstić information content (AvgIpc) is 2.84. The quantitative estimate of drug-likeness (QED) is 0.279. The number of aromatic nitrogens is 2. The van der Waals surface area contributed by atoms with Crippen LogP contribution in [-0.4, -0.2) is 64.9 Å². The summed E-state index contributed by atoms with van der Waals surface area (Å²) in [5.41, 5.74) is 0. The molecule has 2 rings (SSSR count). The Kier molecular flexibility index (Phi) is 9.25. The van der Waals surface area contributed by atoms with Crippen LogP contribution in [0.15, 0.2) is 24.8 Å². The van der Waals surface area contributed by atoms with Crippen LogP contribution in [0, 0.1) is 0 Å². The highest BCUT2D eigenvalue weighted by atomic mass is 31.3. The summed E-state index contributed by atoms with van der Waals surface area (Å²) in [4.78, 5) is 42.0. The summed E-state index contributed by atoms with van der Waals surface area (Å²) in [5, 5.41) is 18.1. The molecule has 1 aromatic heterocycles. The maximum absolute atomic E-state index is 11.4. The topological polar surface area (TPSA) is 235 Å². The standard InChI is InChI=1S/C5H13O13P3.C4H4N2/c6-2-4-3(7)1-5(15-4)16-20(11,12)18-21(13,14)17-19(8,9)10;1-2-5-4-6-3-1/h3-7H,1-2H2,(H,11,12)(H,13,14)(H2,8,9,10);1-4H/t3-,4+,5?;/m0./s1.